The van der Waals surface area contributed by atoms with Gasteiger partial charge in [0, 0.05) is 6.42 Å². The average Bonchev–Trinajstić information content (AvgIpc) is 2.98. The predicted octanol–water partition coefficient (Wildman–Crippen LogP) is 4.97. The van der Waals surface area contributed by atoms with Gasteiger partial charge < -0.3 is 13.9 Å². The highest BCUT2D eigenvalue weighted by molar-refractivity contribution is 6.22. The minimum Gasteiger partial charge on any atom is -0.490 e. The van der Waals surface area contributed by atoms with Crippen molar-refractivity contribution in [3.8, 4) is 11.5 Å². The molecule has 1 heterocycles. The van der Waals surface area contributed by atoms with E-state index in [9.17, 15) is 0 Å². The lowest BCUT2D eigenvalue weighted by atomic mass is 10.1. The second-order valence-corrected chi connectivity index (χ2v) is 5.03. The Morgan fingerprint density at radius 3 is 2.33 bits per heavy atom. The standard InChI is InChI=1S/C17H21ClO3/c1-4-13-8-10-15(21-13)17(18)12-7-9-14(19-5-2)16(11-12)20-6-3/h7-11,17H,4-6H2,1-3H3. The lowest BCUT2D eigenvalue weighted by Crippen LogP contribution is -2.00. The minimum absolute atomic E-state index is 0.333. The van der Waals surface area contributed by atoms with E-state index in [1.165, 1.54) is 0 Å². The number of rotatable bonds is 7. The van der Waals surface area contributed by atoms with Crippen molar-refractivity contribution in [3.63, 3.8) is 0 Å². The minimum atomic E-state index is -0.333. The van der Waals surface area contributed by atoms with Gasteiger partial charge in [-0.25, -0.2) is 0 Å². The zero-order valence-corrected chi connectivity index (χ0v) is 13.4. The van der Waals surface area contributed by atoms with Crippen LogP contribution in [-0.2, 0) is 6.42 Å². The topological polar surface area (TPSA) is 31.6 Å². The van der Waals surface area contributed by atoms with Crippen molar-refractivity contribution in [2.45, 2.75) is 32.6 Å². The quantitative estimate of drug-likeness (QED) is 0.677. The third-order valence-corrected chi connectivity index (χ3v) is 3.61. The summed E-state index contributed by atoms with van der Waals surface area (Å²) in [7, 11) is 0. The number of hydrogen-bond acceptors (Lipinski definition) is 3. The summed E-state index contributed by atoms with van der Waals surface area (Å²) in [5.41, 5.74) is 0.931. The van der Waals surface area contributed by atoms with Gasteiger partial charge in [-0.15, -0.1) is 11.6 Å². The molecule has 0 saturated carbocycles. The van der Waals surface area contributed by atoms with Gasteiger partial charge in [0.05, 0.1) is 13.2 Å². The molecule has 0 fully saturated rings. The first-order chi connectivity index (χ1) is 10.2. The van der Waals surface area contributed by atoms with Crippen LogP contribution >= 0.6 is 11.6 Å². The van der Waals surface area contributed by atoms with Crippen LogP contribution in [0.15, 0.2) is 34.7 Å². The third kappa shape index (κ3) is 3.73. The van der Waals surface area contributed by atoms with Gasteiger partial charge in [0.2, 0.25) is 0 Å². The Labute approximate surface area is 130 Å². The summed E-state index contributed by atoms with van der Waals surface area (Å²) in [4.78, 5) is 0. The van der Waals surface area contributed by atoms with Gasteiger partial charge >= 0.3 is 0 Å². The molecule has 0 bridgehead atoms. The molecule has 0 aliphatic carbocycles. The first-order valence-corrected chi connectivity index (χ1v) is 7.75. The maximum atomic E-state index is 6.51. The first kappa shape index (κ1) is 15.8. The van der Waals surface area contributed by atoms with Crippen LogP contribution in [0.1, 0.15) is 43.2 Å². The van der Waals surface area contributed by atoms with Gasteiger partial charge in [0.1, 0.15) is 16.9 Å². The molecule has 4 heteroatoms. The zero-order valence-electron chi connectivity index (χ0n) is 12.7. The lowest BCUT2D eigenvalue weighted by molar-refractivity contribution is 0.287. The molecule has 3 nitrogen and oxygen atoms in total. The Kier molecular flexibility index (Phi) is 5.57. The molecule has 1 atom stereocenters. The second-order valence-electron chi connectivity index (χ2n) is 4.59. The van der Waals surface area contributed by atoms with Crippen molar-refractivity contribution in [3.05, 3.63) is 47.4 Å². The molecule has 21 heavy (non-hydrogen) atoms. The van der Waals surface area contributed by atoms with Crippen LogP contribution < -0.4 is 9.47 Å². The van der Waals surface area contributed by atoms with Gasteiger partial charge in [-0.2, -0.15) is 0 Å². The number of halogens is 1. The summed E-state index contributed by atoms with van der Waals surface area (Å²) < 4.78 is 16.9. The van der Waals surface area contributed by atoms with Crippen LogP contribution in [0.4, 0.5) is 0 Å². The molecule has 0 aliphatic heterocycles. The lowest BCUT2D eigenvalue weighted by Gasteiger charge is -2.14. The molecule has 0 amide bonds. The number of aryl methyl sites for hydroxylation is 1. The van der Waals surface area contributed by atoms with Gasteiger partial charge in [-0.05, 0) is 43.7 Å². The summed E-state index contributed by atoms with van der Waals surface area (Å²) >= 11 is 6.51. The van der Waals surface area contributed by atoms with E-state index in [2.05, 4.69) is 6.92 Å². The number of furan rings is 1. The molecular formula is C17H21ClO3. The van der Waals surface area contributed by atoms with E-state index in [0.29, 0.717) is 19.0 Å². The van der Waals surface area contributed by atoms with Crippen LogP contribution in [0, 0.1) is 0 Å². The predicted molar refractivity (Wildman–Crippen MR) is 84.6 cm³/mol. The molecule has 114 valence electrons. The van der Waals surface area contributed by atoms with Crippen molar-refractivity contribution in [1.82, 2.24) is 0 Å². The maximum absolute atomic E-state index is 6.51. The second kappa shape index (κ2) is 7.41. The van der Waals surface area contributed by atoms with Crippen LogP contribution in [0.2, 0.25) is 0 Å². The Hall–Kier alpha value is -1.61. The summed E-state index contributed by atoms with van der Waals surface area (Å²) in [6.45, 7) is 7.12. The number of benzene rings is 1. The maximum Gasteiger partial charge on any atom is 0.161 e. The van der Waals surface area contributed by atoms with Crippen LogP contribution in [0.5, 0.6) is 11.5 Å². The van der Waals surface area contributed by atoms with Crippen molar-refractivity contribution in [2.24, 2.45) is 0 Å². The van der Waals surface area contributed by atoms with E-state index < -0.39 is 0 Å². The molecular weight excluding hydrogens is 288 g/mol. The highest BCUT2D eigenvalue weighted by Crippen LogP contribution is 2.36. The van der Waals surface area contributed by atoms with Crippen molar-refractivity contribution < 1.29 is 13.9 Å². The van der Waals surface area contributed by atoms with E-state index >= 15 is 0 Å². The van der Waals surface area contributed by atoms with E-state index in [0.717, 1.165) is 29.3 Å². The van der Waals surface area contributed by atoms with Gasteiger partial charge in [-0.3, -0.25) is 0 Å². The third-order valence-electron chi connectivity index (χ3n) is 3.14. The van der Waals surface area contributed by atoms with E-state index in [1.807, 2.05) is 44.2 Å². The first-order valence-electron chi connectivity index (χ1n) is 7.31. The van der Waals surface area contributed by atoms with Gasteiger partial charge in [-0.1, -0.05) is 13.0 Å². The molecule has 0 saturated heterocycles. The summed E-state index contributed by atoms with van der Waals surface area (Å²) in [5, 5.41) is -0.333. The van der Waals surface area contributed by atoms with Crippen molar-refractivity contribution >= 4 is 11.6 Å². The molecule has 2 rings (SSSR count). The summed E-state index contributed by atoms with van der Waals surface area (Å²) in [6.07, 6.45) is 0.858. The fourth-order valence-corrected chi connectivity index (χ4v) is 2.36. The fraction of sp³-hybridized carbons (Fsp3) is 0.412. The largest absolute Gasteiger partial charge is 0.490 e. The molecule has 0 N–H and O–H groups in total. The van der Waals surface area contributed by atoms with Gasteiger partial charge in [0.15, 0.2) is 11.5 Å². The van der Waals surface area contributed by atoms with Crippen LogP contribution in [0.25, 0.3) is 0 Å². The molecule has 1 aromatic heterocycles. The Balaban J connectivity index is 2.27. The zero-order chi connectivity index (χ0) is 15.2. The van der Waals surface area contributed by atoms with E-state index in [4.69, 9.17) is 25.5 Å². The van der Waals surface area contributed by atoms with Crippen molar-refractivity contribution in [2.75, 3.05) is 13.2 Å². The molecule has 0 aliphatic rings. The van der Waals surface area contributed by atoms with Crippen LogP contribution in [-0.4, -0.2) is 13.2 Å². The van der Waals surface area contributed by atoms with E-state index in [-0.39, 0.29) is 5.38 Å². The normalized spacial score (nSPS) is 12.2. The molecule has 1 unspecified atom stereocenters. The monoisotopic (exact) mass is 308 g/mol. The SMILES string of the molecule is CCOc1ccc(C(Cl)c2ccc(CC)o2)cc1OCC. The molecule has 0 radical (unpaired) electrons. The molecule has 1 aromatic carbocycles. The van der Waals surface area contributed by atoms with Gasteiger partial charge in [0.25, 0.3) is 0 Å². The Morgan fingerprint density at radius 1 is 1.00 bits per heavy atom. The molecule has 0 spiro atoms. The highest BCUT2D eigenvalue weighted by Gasteiger charge is 2.17. The van der Waals surface area contributed by atoms with Crippen LogP contribution in [0.3, 0.4) is 0 Å². The Morgan fingerprint density at radius 2 is 1.71 bits per heavy atom. The summed E-state index contributed by atoms with van der Waals surface area (Å²) in [6, 6.07) is 9.64. The summed E-state index contributed by atoms with van der Waals surface area (Å²) in [5.74, 6) is 3.14. The average molecular weight is 309 g/mol. The van der Waals surface area contributed by atoms with Crippen molar-refractivity contribution in [1.29, 1.82) is 0 Å². The fourth-order valence-electron chi connectivity index (χ4n) is 2.11. The number of alkyl halides is 1. The Bertz CT molecular complexity index is 577. The number of hydrogen-bond donors (Lipinski definition) is 0. The van der Waals surface area contributed by atoms with E-state index in [1.54, 1.807) is 0 Å². The molecule has 2 aromatic rings. The highest BCUT2D eigenvalue weighted by atomic mass is 35.5. The number of ether oxygens (including phenoxy) is 2. The smallest absolute Gasteiger partial charge is 0.161 e.